The van der Waals surface area contributed by atoms with E-state index >= 15 is 0 Å². The second-order valence-corrected chi connectivity index (χ2v) is 12.1. The van der Waals surface area contributed by atoms with Crippen LogP contribution in [0.2, 0.25) is 0 Å². The third kappa shape index (κ3) is 5.36. The van der Waals surface area contributed by atoms with Gasteiger partial charge in [-0.2, -0.15) is 0 Å². The molecule has 0 bridgehead atoms. The number of imidazole rings is 1. The molecule has 4 aromatic rings. The molecule has 0 spiro atoms. The third-order valence-corrected chi connectivity index (χ3v) is 8.89. The first-order valence-electron chi connectivity index (χ1n) is 14.5. The average Bonchev–Trinajstić information content (AvgIpc) is 3.49. The molecule has 2 aliphatic rings. The molecule has 10 nitrogen and oxygen atoms in total. The molecule has 0 unspecified atom stereocenters. The highest BCUT2D eigenvalue weighted by molar-refractivity contribution is 5.88. The van der Waals surface area contributed by atoms with Crippen LogP contribution in [0.25, 0.3) is 34.3 Å². The number of pyridine rings is 1. The van der Waals surface area contributed by atoms with E-state index in [4.69, 9.17) is 14.5 Å². The highest BCUT2D eigenvalue weighted by atomic mass is 19.3. The molecular weight excluding hydrogens is 530 g/mol. The van der Waals surface area contributed by atoms with Crippen molar-refractivity contribution >= 4 is 17.0 Å². The van der Waals surface area contributed by atoms with Crippen LogP contribution < -0.4 is 11.1 Å². The molecule has 6 rings (SSSR count). The van der Waals surface area contributed by atoms with Crippen molar-refractivity contribution in [1.29, 1.82) is 0 Å². The molecular formula is C29H36F2N8O2. The maximum atomic E-state index is 14.9. The van der Waals surface area contributed by atoms with E-state index in [9.17, 15) is 13.6 Å². The minimum Gasteiger partial charge on any atom is -0.365 e. The summed E-state index contributed by atoms with van der Waals surface area (Å²) >= 11 is 0. The number of fused-ring (bicyclic) bond motifs is 1. The van der Waals surface area contributed by atoms with Gasteiger partial charge in [0.2, 0.25) is 11.6 Å². The summed E-state index contributed by atoms with van der Waals surface area (Å²) in [4.78, 5) is 33.2. The molecule has 2 N–H and O–H groups in total. The largest absolute Gasteiger partial charge is 0.439 e. The van der Waals surface area contributed by atoms with Crippen LogP contribution in [0.1, 0.15) is 77.7 Å². The number of hydrogen-bond donors (Lipinski definition) is 2. The minimum atomic E-state index is -2.72. The number of hydrogen-bond acceptors (Lipinski definition) is 8. The van der Waals surface area contributed by atoms with E-state index < -0.39 is 17.6 Å². The molecule has 4 aromatic heterocycles. The topological polar surface area (TPSA) is 127 Å². The maximum Gasteiger partial charge on any atom is 0.439 e. The Balaban J connectivity index is 1.53. The fourth-order valence-electron chi connectivity index (χ4n) is 5.94. The number of nitrogens with one attached hydrogen (secondary N) is 2. The summed E-state index contributed by atoms with van der Waals surface area (Å²) in [5.41, 5.74) is 2.72. The van der Waals surface area contributed by atoms with Crippen molar-refractivity contribution in [2.75, 3.05) is 5.32 Å². The molecule has 2 saturated carbocycles. The Morgan fingerprint density at radius 2 is 1.98 bits per heavy atom. The standard InChI is InChI=1S/C29H36F2N8O2/c1-15(2)20-10-11-32-21(12-20)27-36-24-22(39(27)14-18-9-8-16(3)29(30,31)13-18)23(33-17(4)19-6-5-7-19)34-25(35-24)26-37-28(40)41-38-26/h10-12,15-19H,5-9,13-14H2,1-4H3,(H,33,34,35)(H,37,38,40)/t16-,17-,18-/m1/s1. The van der Waals surface area contributed by atoms with E-state index in [1.807, 2.05) is 16.7 Å². The summed E-state index contributed by atoms with van der Waals surface area (Å²) in [5.74, 6) is -2.26. The number of anilines is 1. The lowest BCUT2D eigenvalue weighted by Crippen LogP contribution is -2.35. The molecule has 0 aromatic carbocycles. The zero-order valence-corrected chi connectivity index (χ0v) is 23.8. The van der Waals surface area contributed by atoms with Gasteiger partial charge in [-0.25, -0.2) is 28.5 Å². The Kier molecular flexibility index (Phi) is 7.11. The van der Waals surface area contributed by atoms with Gasteiger partial charge in [-0.3, -0.25) is 14.5 Å². The van der Waals surface area contributed by atoms with Crippen molar-refractivity contribution in [3.63, 3.8) is 0 Å². The Hall–Kier alpha value is -3.70. The average molecular weight is 567 g/mol. The summed E-state index contributed by atoms with van der Waals surface area (Å²) in [6.07, 6.45) is 6.15. The van der Waals surface area contributed by atoms with Gasteiger partial charge in [-0.15, -0.1) is 0 Å². The predicted octanol–water partition coefficient (Wildman–Crippen LogP) is 6.03. The smallest absolute Gasteiger partial charge is 0.365 e. The summed E-state index contributed by atoms with van der Waals surface area (Å²) in [7, 11) is 0. The number of rotatable bonds is 8. The molecule has 0 aliphatic heterocycles. The van der Waals surface area contributed by atoms with Crippen molar-refractivity contribution in [2.45, 2.75) is 90.6 Å². The molecule has 218 valence electrons. The Morgan fingerprint density at radius 1 is 1.17 bits per heavy atom. The molecule has 41 heavy (non-hydrogen) atoms. The SMILES string of the molecule is CC(C)c1ccnc(-c2nc3nc(-c4noc(=O)[nH]4)nc(N[C@H](C)C4CCC4)c3n2C[C@@H]2CC[C@@H](C)C(F)(F)C2)c1. The fraction of sp³-hybridized carbons (Fsp3) is 0.586. The normalized spacial score (nSPS) is 21.7. The summed E-state index contributed by atoms with van der Waals surface area (Å²) < 4.78 is 36.4. The van der Waals surface area contributed by atoms with Gasteiger partial charge >= 0.3 is 5.76 Å². The Labute approximate surface area is 236 Å². The van der Waals surface area contributed by atoms with Gasteiger partial charge in [0.15, 0.2) is 17.3 Å². The number of alkyl halides is 2. The number of aromatic nitrogens is 7. The van der Waals surface area contributed by atoms with Crippen LogP contribution >= 0.6 is 0 Å². The summed E-state index contributed by atoms with van der Waals surface area (Å²) in [5, 5.41) is 7.35. The van der Waals surface area contributed by atoms with E-state index in [2.05, 4.69) is 46.2 Å². The summed E-state index contributed by atoms with van der Waals surface area (Å²) in [6.45, 7) is 8.29. The second kappa shape index (κ2) is 10.6. The molecule has 0 amide bonds. The molecule has 2 aliphatic carbocycles. The van der Waals surface area contributed by atoms with E-state index in [0.29, 0.717) is 53.8 Å². The van der Waals surface area contributed by atoms with Crippen LogP contribution in [-0.2, 0) is 6.54 Å². The van der Waals surface area contributed by atoms with Gasteiger partial charge in [0.05, 0.1) is 0 Å². The highest BCUT2D eigenvalue weighted by Gasteiger charge is 2.43. The number of H-pyrrole nitrogens is 1. The predicted molar refractivity (Wildman–Crippen MR) is 151 cm³/mol. The first-order valence-corrected chi connectivity index (χ1v) is 14.5. The van der Waals surface area contributed by atoms with E-state index in [-0.39, 0.29) is 35.9 Å². The first-order chi connectivity index (χ1) is 19.6. The molecule has 4 heterocycles. The number of nitrogens with zero attached hydrogens (tertiary/aromatic N) is 6. The van der Waals surface area contributed by atoms with Crippen LogP contribution in [0, 0.1) is 17.8 Å². The monoisotopic (exact) mass is 566 g/mol. The number of halogens is 2. The molecule has 12 heteroatoms. The number of aromatic amines is 1. The second-order valence-electron chi connectivity index (χ2n) is 12.1. The molecule has 0 saturated heterocycles. The van der Waals surface area contributed by atoms with Crippen LogP contribution in [0.15, 0.2) is 27.6 Å². The Morgan fingerprint density at radius 3 is 2.63 bits per heavy atom. The summed E-state index contributed by atoms with van der Waals surface area (Å²) in [6, 6.07) is 4.07. The van der Waals surface area contributed by atoms with E-state index in [1.165, 1.54) is 6.42 Å². The van der Waals surface area contributed by atoms with Crippen LogP contribution in [0.5, 0.6) is 0 Å². The zero-order valence-electron chi connectivity index (χ0n) is 23.8. The van der Waals surface area contributed by atoms with E-state index in [1.54, 1.807) is 13.1 Å². The van der Waals surface area contributed by atoms with Crippen LogP contribution in [-0.4, -0.2) is 46.6 Å². The molecule has 0 radical (unpaired) electrons. The van der Waals surface area contributed by atoms with Crippen LogP contribution in [0.4, 0.5) is 14.6 Å². The highest BCUT2D eigenvalue weighted by Crippen LogP contribution is 2.43. The lowest BCUT2D eigenvalue weighted by Gasteiger charge is -2.34. The molecule has 3 atom stereocenters. The lowest BCUT2D eigenvalue weighted by atomic mass is 9.80. The van der Waals surface area contributed by atoms with Crippen molar-refractivity contribution in [3.05, 3.63) is 34.4 Å². The van der Waals surface area contributed by atoms with E-state index in [0.717, 1.165) is 18.4 Å². The lowest BCUT2D eigenvalue weighted by molar-refractivity contribution is -0.0970. The van der Waals surface area contributed by atoms with Crippen LogP contribution in [0.3, 0.4) is 0 Å². The fourth-order valence-corrected chi connectivity index (χ4v) is 5.94. The van der Waals surface area contributed by atoms with Crippen molar-refractivity contribution in [2.24, 2.45) is 17.8 Å². The minimum absolute atomic E-state index is 0.0909. The zero-order chi connectivity index (χ0) is 28.9. The van der Waals surface area contributed by atoms with Crippen molar-refractivity contribution in [1.82, 2.24) is 34.6 Å². The first kappa shape index (κ1) is 27.5. The van der Waals surface area contributed by atoms with Crippen molar-refractivity contribution < 1.29 is 13.3 Å². The van der Waals surface area contributed by atoms with Gasteiger partial charge < -0.3 is 9.88 Å². The van der Waals surface area contributed by atoms with Gasteiger partial charge in [0, 0.05) is 31.1 Å². The Bertz CT molecular complexity index is 1610. The van der Waals surface area contributed by atoms with Gasteiger partial charge in [0.25, 0.3) is 5.92 Å². The third-order valence-electron chi connectivity index (χ3n) is 8.89. The quantitative estimate of drug-likeness (QED) is 0.265. The maximum absolute atomic E-state index is 14.9. The van der Waals surface area contributed by atoms with Gasteiger partial charge in [-0.05, 0) is 68.1 Å². The molecule has 2 fully saturated rings. The van der Waals surface area contributed by atoms with Gasteiger partial charge in [-0.1, -0.05) is 32.3 Å². The van der Waals surface area contributed by atoms with Gasteiger partial charge in [0.1, 0.15) is 11.2 Å². The van der Waals surface area contributed by atoms with Crippen molar-refractivity contribution in [3.8, 4) is 23.2 Å².